The van der Waals surface area contributed by atoms with Crippen LogP contribution in [0.3, 0.4) is 0 Å². The first-order chi connectivity index (χ1) is 24.7. The number of rotatable bonds is 18. The number of aromatic nitrogens is 6. The van der Waals surface area contributed by atoms with Crippen LogP contribution in [-0.2, 0) is 0 Å². The number of nitrogens with zero attached hydrogens (tertiary/aromatic N) is 8. The van der Waals surface area contributed by atoms with Gasteiger partial charge in [0.05, 0.1) is 38.6 Å². The molecule has 0 saturated heterocycles. The van der Waals surface area contributed by atoms with Crippen LogP contribution in [0.15, 0.2) is 59.7 Å². The minimum Gasteiger partial charge on any atom is -0.488 e. The third-order valence-electron chi connectivity index (χ3n) is 6.48. The summed E-state index contributed by atoms with van der Waals surface area (Å²) in [5, 5.41) is 25.1. The average Bonchev–Trinajstić information content (AvgIpc) is 3.11. The zero-order chi connectivity index (χ0) is 36.6. The van der Waals surface area contributed by atoms with E-state index in [1.54, 1.807) is 36.4 Å². The van der Waals surface area contributed by atoms with Gasteiger partial charge in [-0.15, -0.1) is 9.97 Å². The van der Waals surface area contributed by atoms with Gasteiger partial charge in [-0.05, 0) is 64.1 Å². The molecule has 0 radical (unpaired) electrons. The molecule has 16 nitrogen and oxygen atoms in total. The summed E-state index contributed by atoms with van der Waals surface area (Å²) in [6.45, 7) is 8.88. The summed E-state index contributed by atoms with van der Waals surface area (Å²) in [7, 11) is 2.86. The number of hydrogen-bond acceptors (Lipinski definition) is 16. The maximum atomic E-state index is 9.47. The molecule has 0 aliphatic carbocycles. The van der Waals surface area contributed by atoms with Crippen LogP contribution < -0.4 is 39.1 Å². The lowest BCUT2D eigenvalue weighted by Gasteiger charge is -2.12. The minimum atomic E-state index is 0.0259. The van der Waals surface area contributed by atoms with E-state index < -0.39 is 0 Å². The van der Waals surface area contributed by atoms with Gasteiger partial charge in [-0.25, -0.2) is 0 Å². The van der Waals surface area contributed by atoms with Crippen LogP contribution in [0.5, 0.6) is 35.5 Å². The fourth-order valence-corrected chi connectivity index (χ4v) is 3.96. The predicted molar refractivity (Wildman–Crippen MR) is 187 cm³/mol. The molecule has 264 valence electrons. The number of methoxy groups -OCH3 is 2. The summed E-state index contributed by atoms with van der Waals surface area (Å²) in [5.74, 6) is 1.17. The van der Waals surface area contributed by atoms with E-state index in [0.717, 1.165) is 11.1 Å². The summed E-state index contributed by atoms with van der Waals surface area (Å²) in [6.07, 6.45) is 4.25. The molecule has 51 heavy (non-hydrogen) atoms. The third-order valence-corrected chi connectivity index (χ3v) is 6.48. The highest BCUT2D eigenvalue weighted by molar-refractivity contribution is 5.61. The Morgan fingerprint density at radius 1 is 0.608 bits per heavy atom. The van der Waals surface area contributed by atoms with Crippen LogP contribution in [0.1, 0.15) is 45.2 Å². The highest BCUT2D eigenvalue weighted by Crippen LogP contribution is 2.27. The molecule has 2 aromatic heterocycles. The fraction of sp³-hybridized carbons (Fsp3) is 0.314. The third kappa shape index (κ3) is 11.8. The Hall–Kier alpha value is -6.68. The van der Waals surface area contributed by atoms with Gasteiger partial charge in [0.1, 0.15) is 36.9 Å². The highest BCUT2D eigenvalue weighted by Gasteiger charge is 2.13. The van der Waals surface area contributed by atoms with Gasteiger partial charge in [-0.2, -0.15) is 30.5 Å². The molecule has 0 amide bonds. The summed E-state index contributed by atoms with van der Waals surface area (Å²) < 4.78 is 33.5. The van der Waals surface area contributed by atoms with E-state index in [-0.39, 0.29) is 49.2 Å². The first-order valence-electron chi connectivity index (χ1n) is 15.7. The van der Waals surface area contributed by atoms with Gasteiger partial charge >= 0.3 is 24.0 Å². The lowest BCUT2D eigenvalue weighted by Crippen LogP contribution is -2.11. The Balaban J connectivity index is 1.35. The Kier molecular flexibility index (Phi) is 13.7. The second-order valence-electron chi connectivity index (χ2n) is 11.0. The van der Waals surface area contributed by atoms with Gasteiger partial charge in [0.2, 0.25) is 11.9 Å². The Labute approximate surface area is 295 Å². The molecule has 0 bridgehead atoms. The largest absolute Gasteiger partial charge is 0.488 e. The van der Waals surface area contributed by atoms with Gasteiger partial charge in [0.15, 0.2) is 0 Å². The molecule has 0 aliphatic heterocycles. The summed E-state index contributed by atoms with van der Waals surface area (Å²) in [4.78, 5) is 25.4. The van der Waals surface area contributed by atoms with E-state index in [2.05, 4.69) is 52.7 Å². The molecule has 0 spiro atoms. The maximum Gasteiger partial charge on any atom is 0.324 e. The molecule has 2 aromatic carbocycles. The van der Waals surface area contributed by atoms with Crippen LogP contribution in [0, 0.1) is 22.7 Å². The topological polar surface area (TPSA) is 204 Å². The number of ether oxygens (including phenoxy) is 6. The van der Waals surface area contributed by atoms with Crippen molar-refractivity contribution in [3.05, 3.63) is 70.8 Å². The zero-order valence-corrected chi connectivity index (χ0v) is 29.2. The van der Waals surface area contributed by atoms with Crippen LogP contribution in [-0.4, -0.2) is 70.6 Å². The minimum absolute atomic E-state index is 0.0259. The number of anilines is 4. The lowest BCUT2D eigenvalue weighted by molar-refractivity contribution is 0.222. The highest BCUT2D eigenvalue weighted by atomic mass is 16.5. The Bertz CT molecular complexity index is 1810. The monoisotopic (exact) mass is 694 g/mol. The average molecular weight is 695 g/mol. The van der Waals surface area contributed by atoms with Crippen LogP contribution in [0.2, 0.25) is 0 Å². The van der Waals surface area contributed by atoms with E-state index in [1.807, 2.05) is 39.8 Å². The molecule has 2 N–H and O–H groups in total. The van der Waals surface area contributed by atoms with Crippen molar-refractivity contribution in [3.8, 4) is 47.7 Å². The summed E-state index contributed by atoms with van der Waals surface area (Å²) in [5.41, 5.74) is 4.16. The quantitative estimate of drug-likeness (QED) is 0.0926. The van der Waals surface area contributed by atoms with Gasteiger partial charge in [0, 0.05) is 29.9 Å². The first-order valence-corrected chi connectivity index (χ1v) is 15.7. The van der Waals surface area contributed by atoms with Crippen molar-refractivity contribution in [1.29, 1.82) is 10.5 Å². The number of nitrogens with one attached hydrogen (secondary N) is 2. The molecular weight excluding hydrogens is 656 g/mol. The van der Waals surface area contributed by atoms with Crippen LogP contribution >= 0.6 is 0 Å². The van der Waals surface area contributed by atoms with Gasteiger partial charge in [-0.1, -0.05) is 11.1 Å². The molecule has 0 aliphatic rings. The number of hydrogen-bond donors (Lipinski definition) is 2. The van der Waals surface area contributed by atoms with E-state index >= 15 is 0 Å². The molecule has 0 unspecified atom stereocenters. The SMILES string of the molecule is COc1nc(Nc2ccc(C#N)c(OCC=C(C)C)c2)nc(OCCCOc2nc(Nc3ccc(C#N)c(OCC=C(C)C)c3)nc(OC)n2)n1. The second kappa shape index (κ2) is 18.8. The molecule has 4 rings (SSSR count). The van der Waals surface area contributed by atoms with Crippen molar-refractivity contribution in [1.82, 2.24) is 29.9 Å². The fourth-order valence-electron chi connectivity index (χ4n) is 3.96. The smallest absolute Gasteiger partial charge is 0.324 e. The van der Waals surface area contributed by atoms with Gasteiger partial charge in [0.25, 0.3) is 0 Å². The van der Waals surface area contributed by atoms with Crippen LogP contribution in [0.25, 0.3) is 0 Å². The van der Waals surface area contributed by atoms with Crippen molar-refractivity contribution in [2.45, 2.75) is 34.1 Å². The molecule has 16 heteroatoms. The van der Waals surface area contributed by atoms with Crippen molar-refractivity contribution >= 4 is 23.3 Å². The molecule has 0 fully saturated rings. The standard InChI is InChI=1S/C35H38N10O6/c1-22(2)12-16-48-28-18-26(10-8-24(28)20-36)38-30-40-32(46-5)44-34(42-30)50-14-7-15-51-35-43-31(41-33(45-35)47-6)39-27-11-9-25(21-37)29(19-27)49-17-13-23(3)4/h8-13,18-19H,7,14-17H2,1-6H3,(H,38,40,42,44)(H,39,41,43,45). The lowest BCUT2D eigenvalue weighted by atomic mass is 10.2. The Morgan fingerprint density at radius 2 is 1.02 bits per heavy atom. The van der Waals surface area contributed by atoms with E-state index in [1.165, 1.54) is 14.2 Å². The maximum absolute atomic E-state index is 9.47. The number of allylic oxidation sites excluding steroid dienone is 2. The van der Waals surface area contributed by atoms with Crippen molar-refractivity contribution in [2.24, 2.45) is 0 Å². The van der Waals surface area contributed by atoms with Gasteiger partial charge in [-0.3, -0.25) is 0 Å². The number of nitriles is 2. The normalized spacial score (nSPS) is 10.1. The predicted octanol–water partition coefficient (Wildman–Crippen LogP) is 5.84. The molecule has 4 aromatic rings. The molecule has 0 saturated carbocycles. The number of benzene rings is 2. The van der Waals surface area contributed by atoms with Crippen molar-refractivity contribution < 1.29 is 28.4 Å². The zero-order valence-electron chi connectivity index (χ0n) is 29.2. The van der Waals surface area contributed by atoms with E-state index in [9.17, 15) is 10.5 Å². The van der Waals surface area contributed by atoms with E-state index in [0.29, 0.717) is 53.6 Å². The van der Waals surface area contributed by atoms with Gasteiger partial charge < -0.3 is 39.1 Å². The molecule has 2 heterocycles. The summed E-state index contributed by atoms with van der Waals surface area (Å²) in [6, 6.07) is 14.5. The van der Waals surface area contributed by atoms with Crippen molar-refractivity contribution in [2.75, 3.05) is 51.3 Å². The molecule has 0 atom stereocenters. The Morgan fingerprint density at radius 3 is 1.39 bits per heavy atom. The second-order valence-corrected chi connectivity index (χ2v) is 11.0. The van der Waals surface area contributed by atoms with E-state index in [4.69, 9.17) is 28.4 Å². The summed E-state index contributed by atoms with van der Waals surface area (Å²) >= 11 is 0. The first kappa shape index (κ1) is 37.1. The molecular formula is C35H38N10O6. The van der Waals surface area contributed by atoms with Crippen LogP contribution in [0.4, 0.5) is 23.3 Å². The van der Waals surface area contributed by atoms with Crippen molar-refractivity contribution in [3.63, 3.8) is 0 Å².